The third-order valence-corrected chi connectivity index (χ3v) is 1.32. The van der Waals surface area contributed by atoms with Crippen molar-refractivity contribution in [2.24, 2.45) is 0 Å². The molecule has 1 fully saturated rings. The fourth-order valence-electron chi connectivity index (χ4n) is 0.777. The molecule has 0 spiro atoms. The van der Waals surface area contributed by atoms with Crippen molar-refractivity contribution in [3.8, 4) is 0 Å². The molecule has 1 saturated heterocycles. The van der Waals surface area contributed by atoms with E-state index in [0.29, 0.717) is 6.04 Å². The Morgan fingerprint density at radius 3 is 2.50 bits per heavy atom. The van der Waals surface area contributed by atoms with Crippen molar-refractivity contribution in [3.63, 3.8) is 0 Å². The molecular formula is C5H13N3. The van der Waals surface area contributed by atoms with Gasteiger partial charge in [0, 0.05) is 19.1 Å². The lowest BCUT2D eigenvalue weighted by Gasteiger charge is -2.17. The minimum Gasteiger partial charge on any atom is -0.243 e. The molecule has 8 heavy (non-hydrogen) atoms. The normalized spacial score (nSPS) is 22.9. The van der Waals surface area contributed by atoms with Crippen molar-refractivity contribution in [2.75, 3.05) is 13.1 Å². The maximum Gasteiger partial charge on any atom is 0.0286 e. The predicted octanol–water partition coefficient (Wildman–Crippen LogP) is -0.280. The highest BCUT2D eigenvalue weighted by Gasteiger charge is 2.11. The maximum atomic E-state index is 3.04. The molecule has 0 unspecified atom stereocenters. The highest BCUT2D eigenvalue weighted by molar-refractivity contribution is 4.61. The van der Waals surface area contributed by atoms with E-state index in [1.54, 1.807) is 0 Å². The number of nitrogens with one attached hydrogen (secondary N) is 2. The van der Waals surface area contributed by atoms with Crippen LogP contribution in [0.2, 0.25) is 0 Å². The number of rotatable bonds is 1. The molecule has 3 heteroatoms. The van der Waals surface area contributed by atoms with Crippen molar-refractivity contribution in [3.05, 3.63) is 0 Å². The number of hydrogen-bond donors (Lipinski definition) is 2. The van der Waals surface area contributed by atoms with E-state index in [4.69, 9.17) is 0 Å². The van der Waals surface area contributed by atoms with Gasteiger partial charge in [-0.15, -0.1) is 0 Å². The van der Waals surface area contributed by atoms with Gasteiger partial charge >= 0.3 is 0 Å². The van der Waals surface area contributed by atoms with Crippen molar-refractivity contribution >= 4 is 0 Å². The van der Waals surface area contributed by atoms with Crippen LogP contribution in [0, 0.1) is 0 Å². The molecule has 0 saturated carbocycles. The highest BCUT2D eigenvalue weighted by atomic mass is 15.7. The molecule has 0 aromatic carbocycles. The summed E-state index contributed by atoms with van der Waals surface area (Å²) < 4.78 is 0. The molecule has 1 rings (SSSR count). The molecule has 0 bridgehead atoms. The van der Waals surface area contributed by atoms with Crippen molar-refractivity contribution in [1.29, 1.82) is 0 Å². The first-order chi connectivity index (χ1) is 3.80. The van der Waals surface area contributed by atoms with Gasteiger partial charge in [-0.1, -0.05) is 0 Å². The lowest BCUT2D eigenvalue weighted by Crippen LogP contribution is -2.40. The van der Waals surface area contributed by atoms with Crippen LogP contribution in [0.3, 0.4) is 0 Å². The fraction of sp³-hybridized carbons (Fsp3) is 1.00. The van der Waals surface area contributed by atoms with E-state index in [9.17, 15) is 0 Å². The molecule has 0 aliphatic carbocycles. The van der Waals surface area contributed by atoms with Crippen molar-refractivity contribution in [2.45, 2.75) is 19.9 Å². The summed E-state index contributed by atoms with van der Waals surface area (Å²) in [6, 6.07) is 0.602. The van der Waals surface area contributed by atoms with Gasteiger partial charge in [0.15, 0.2) is 0 Å². The van der Waals surface area contributed by atoms with Crippen LogP contribution in [-0.2, 0) is 0 Å². The van der Waals surface area contributed by atoms with Crippen molar-refractivity contribution < 1.29 is 0 Å². The molecule has 0 aromatic heterocycles. The molecule has 0 amide bonds. The maximum absolute atomic E-state index is 3.04. The molecule has 1 heterocycles. The van der Waals surface area contributed by atoms with Gasteiger partial charge in [0.1, 0.15) is 0 Å². The standard InChI is InChI=1S/C5H13N3/c1-5(2)8-4-3-6-7-8/h5-7H,3-4H2,1-2H3. The molecule has 1 aliphatic rings. The fourth-order valence-corrected chi connectivity index (χ4v) is 0.777. The largest absolute Gasteiger partial charge is 0.243 e. The molecule has 0 atom stereocenters. The summed E-state index contributed by atoms with van der Waals surface area (Å²) in [5.74, 6) is 0. The van der Waals surface area contributed by atoms with Crippen LogP contribution in [0.25, 0.3) is 0 Å². The summed E-state index contributed by atoms with van der Waals surface area (Å²) in [6.07, 6.45) is 0. The van der Waals surface area contributed by atoms with E-state index < -0.39 is 0 Å². The molecule has 0 radical (unpaired) electrons. The van der Waals surface area contributed by atoms with Crippen LogP contribution in [0.1, 0.15) is 13.8 Å². The third kappa shape index (κ3) is 1.18. The van der Waals surface area contributed by atoms with Crippen LogP contribution in [0.5, 0.6) is 0 Å². The second-order valence-corrected chi connectivity index (χ2v) is 2.33. The van der Waals surface area contributed by atoms with Gasteiger partial charge in [-0.25, -0.2) is 10.4 Å². The third-order valence-electron chi connectivity index (χ3n) is 1.32. The molecular weight excluding hydrogens is 102 g/mol. The summed E-state index contributed by atoms with van der Waals surface area (Å²) in [4.78, 5) is 0. The van der Waals surface area contributed by atoms with Crippen LogP contribution in [0.15, 0.2) is 0 Å². The quantitative estimate of drug-likeness (QED) is 0.492. The number of nitrogens with zero attached hydrogens (tertiary/aromatic N) is 1. The average molecular weight is 115 g/mol. The van der Waals surface area contributed by atoms with E-state index in [1.807, 2.05) is 0 Å². The van der Waals surface area contributed by atoms with Gasteiger partial charge in [0.25, 0.3) is 0 Å². The summed E-state index contributed by atoms with van der Waals surface area (Å²) in [7, 11) is 0. The van der Waals surface area contributed by atoms with Gasteiger partial charge in [-0.3, -0.25) is 0 Å². The van der Waals surface area contributed by atoms with Crippen LogP contribution >= 0.6 is 0 Å². The van der Waals surface area contributed by atoms with Crippen LogP contribution in [-0.4, -0.2) is 24.1 Å². The monoisotopic (exact) mass is 115 g/mol. The zero-order valence-electron chi connectivity index (χ0n) is 5.44. The summed E-state index contributed by atoms with van der Waals surface area (Å²) in [5.41, 5.74) is 6.07. The minimum atomic E-state index is 0.602. The first-order valence-corrected chi connectivity index (χ1v) is 3.06. The Bertz CT molecular complexity index is 66.1. The zero-order chi connectivity index (χ0) is 5.98. The van der Waals surface area contributed by atoms with E-state index in [-0.39, 0.29) is 0 Å². The smallest absolute Gasteiger partial charge is 0.0286 e. The van der Waals surface area contributed by atoms with Gasteiger partial charge in [0.2, 0.25) is 0 Å². The predicted molar refractivity (Wildman–Crippen MR) is 33.0 cm³/mol. The minimum absolute atomic E-state index is 0.602. The molecule has 1 aliphatic heterocycles. The Labute approximate surface area is 50.0 Å². The average Bonchev–Trinajstić information content (AvgIpc) is 2.12. The zero-order valence-corrected chi connectivity index (χ0v) is 5.44. The Morgan fingerprint density at radius 2 is 2.25 bits per heavy atom. The second-order valence-electron chi connectivity index (χ2n) is 2.33. The first-order valence-electron chi connectivity index (χ1n) is 3.06. The Morgan fingerprint density at radius 1 is 1.50 bits per heavy atom. The lowest BCUT2D eigenvalue weighted by molar-refractivity contribution is 0.184. The number of hydrogen-bond acceptors (Lipinski definition) is 3. The highest BCUT2D eigenvalue weighted by Crippen LogP contribution is 1.93. The first kappa shape index (κ1) is 6.01. The molecule has 2 N–H and O–H groups in total. The Balaban J connectivity index is 2.24. The van der Waals surface area contributed by atoms with Crippen molar-refractivity contribution in [1.82, 2.24) is 16.0 Å². The summed E-state index contributed by atoms with van der Waals surface area (Å²) in [5, 5.41) is 2.17. The van der Waals surface area contributed by atoms with E-state index in [1.165, 1.54) is 0 Å². The molecule has 48 valence electrons. The van der Waals surface area contributed by atoms with Crippen LogP contribution in [0.4, 0.5) is 0 Å². The van der Waals surface area contributed by atoms with E-state index >= 15 is 0 Å². The SMILES string of the molecule is CC(C)N1CCNN1. The Hall–Kier alpha value is -0.120. The lowest BCUT2D eigenvalue weighted by atomic mass is 10.4. The van der Waals surface area contributed by atoms with Gasteiger partial charge in [-0.2, -0.15) is 5.53 Å². The van der Waals surface area contributed by atoms with Gasteiger partial charge in [-0.05, 0) is 13.8 Å². The molecule has 0 aromatic rings. The summed E-state index contributed by atoms with van der Waals surface area (Å²) in [6.45, 7) is 6.50. The Kier molecular flexibility index (Phi) is 1.83. The van der Waals surface area contributed by atoms with E-state index in [0.717, 1.165) is 13.1 Å². The van der Waals surface area contributed by atoms with Gasteiger partial charge < -0.3 is 0 Å². The second kappa shape index (κ2) is 2.44. The van der Waals surface area contributed by atoms with Gasteiger partial charge in [0.05, 0.1) is 0 Å². The summed E-state index contributed by atoms with van der Waals surface area (Å²) >= 11 is 0. The number of hydrazine groups is 2. The topological polar surface area (TPSA) is 27.3 Å². The molecule has 3 nitrogen and oxygen atoms in total. The van der Waals surface area contributed by atoms with Crippen LogP contribution < -0.4 is 11.0 Å². The van der Waals surface area contributed by atoms with E-state index in [2.05, 4.69) is 29.8 Å².